The van der Waals surface area contributed by atoms with E-state index in [1.807, 2.05) is 0 Å². The molecule has 2 N–H and O–H groups in total. The maximum Gasteiger partial charge on any atom is 0.387 e. The number of rotatable bonds is 8. The number of aliphatic carboxylic acids is 1. The fourth-order valence-electron chi connectivity index (χ4n) is 1.77. The molecule has 0 saturated carbocycles. The lowest BCUT2D eigenvalue weighted by molar-refractivity contribution is -0.137. The van der Waals surface area contributed by atoms with Gasteiger partial charge in [0.25, 0.3) is 0 Å². The minimum Gasteiger partial charge on any atom is -0.481 e. The van der Waals surface area contributed by atoms with Gasteiger partial charge in [0.2, 0.25) is 10.0 Å². The Labute approximate surface area is 137 Å². The molecule has 0 radical (unpaired) electrons. The standard InChI is InChI=1S/C13H16ClF2NO5S/c1-13(2,6-5-11(18)19)17-23(20,21)10-7-8(14)3-4-9(10)22-12(15)16/h3-4,7,12,17H,5-6H2,1-2H3,(H,18,19). The Morgan fingerprint density at radius 2 is 2.04 bits per heavy atom. The molecule has 0 bridgehead atoms. The van der Waals surface area contributed by atoms with Gasteiger partial charge < -0.3 is 9.84 Å². The average Bonchev–Trinajstić information content (AvgIpc) is 2.37. The summed E-state index contributed by atoms with van der Waals surface area (Å²) in [6, 6.07) is 3.22. The molecule has 1 aromatic carbocycles. The predicted octanol–water partition coefficient (Wildman–Crippen LogP) is 2.86. The quantitative estimate of drug-likeness (QED) is 0.733. The van der Waals surface area contributed by atoms with Crippen LogP contribution in [-0.2, 0) is 14.8 Å². The molecule has 0 aliphatic rings. The first-order valence-corrected chi connectivity index (χ1v) is 8.29. The molecule has 23 heavy (non-hydrogen) atoms. The Bertz CT molecular complexity index is 679. The van der Waals surface area contributed by atoms with Gasteiger partial charge in [0.05, 0.1) is 0 Å². The molecule has 0 amide bonds. The summed E-state index contributed by atoms with van der Waals surface area (Å²) < 4.78 is 56.1. The highest BCUT2D eigenvalue weighted by molar-refractivity contribution is 7.89. The first kappa shape index (κ1) is 19.6. The van der Waals surface area contributed by atoms with E-state index in [1.165, 1.54) is 19.9 Å². The van der Waals surface area contributed by atoms with Gasteiger partial charge in [0.15, 0.2) is 0 Å². The summed E-state index contributed by atoms with van der Waals surface area (Å²) in [5, 5.41) is 8.70. The molecule has 0 unspecified atom stereocenters. The molecule has 0 spiro atoms. The molecule has 0 aromatic heterocycles. The molecule has 130 valence electrons. The summed E-state index contributed by atoms with van der Waals surface area (Å²) in [6.07, 6.45) is -0.251. The van der Waals surface area contributed by atoms with Gasteiger partial charge in [-0.3, -0.25) is 4.79 Å². The molecule has 0 aliphatic heterocycles. The fourth-order valence-corrected chi connectivity index (χ4v) is 3.61. The van der Waals surface area contributed by atoms with Crippen LogP contribution in [0.4, 0.5) is 8.78 Å². The van der Waals surface area contributed by atoms with E-state index in [0.29, 0.717) is 0 Å². The molecule has 1 rings (SSSR count). The number of carboxylic acid groups (broad SMARTS) is 1. The Kier molecular flexibility index (Phi) is 6.32. The van der Waals surface area contributed by atoms with Gasteiger partial charge in [0, 0.05) is 17.0 Å². The van der Waals surface area contributed by atoms with E-state index in [-0.39, 0.29) is 17.9 Å². The van der Waals surface area contributed by atoms with Crippen molar-refractivity contribution in [2.75, 3.05) is 0 Å². The number of nitrogens with one attached hydrogen (secondary N) is 1. The van der Waals surface area contributed by atoms with Crippen molar-refractivity contribution in [1.82, 2.24) is 4.72 Å². The van der Waals surface area contributed by atoms with Crippen molar-refractivity contribution in [2.24, 2.45) is 0 Å². The van der Waals surface area contributed by atoms with Crippen molar-refractivity contribution < 1.29 is 31.8 Å². The van der Waals surface area contributed by atoms with Gasteiger partial charge in [-0.05, 0) is 38.5 Å². The molecule has 0 atom stereocenters. The van der Waals surface area contributed by atoms with Crippen LogP contribution in [0.1, 0.15) is 26.7 Å². The second-order valence-electron chi connectivity index (χ2n) is 5.35. The van der Waals surface area contributed by atoms with Crippen LogP contribution in [0.15, 0.2) is 23.1 Å². The third-order valence-corrected chi connectivity index (χ3v) is 4.74. The number of carboxylic acids is 1. The van der Waals surface area contributed by atoms with Gasteiger partial charge >= 0.3 is 12.6 Å². The second kappa shape index (κ2) is 7.41. The summed E-state index contributed by atoms with van der Waals surface area (Å²) in [5.74, 6) is -1.63. The highest BCUT2D eigenvalue weighted by atomic mass is 35.5. The van der Waals surface area contributed by atoms with E-state index in [4.69, 9.17) is 16.7 Å². The van der Waals surface area contributed by atoms with Crippen LogP contribution in [0, 0.1) is 0 Å². The van der Waals surface area contributed by atoms with E-state index in [9.17, 15) is 22.0 Å². The molecule has 0 aliphatic carbocycles. The van der Waals surface area contributed by atoms with E-state index in [1.54, 1.807) is 0 Å². The topological polar surface area (TPSA) is 92.7 Å². The van der Waals surface area contributed by atoms with Crippen LogP contribution < -0.4 is 9.46 Å². The van der Waals surface area contributed by atoms with Gasteiger partial charge in [-0.1, -0.05) is 11.6 Å². The summed E-state index contributed by atoms with van der Waals surface area (Å²) in [7, 11) is -4.25. The zero-order valence-corrected chi connectivity index (χ0v) is 13.9. The smallest absolute Gasteiger partial charge is 0.387 e. The third-order valence-electron chi connectivity index (χ3n) is 2.79. The number of hydrogen-bond acceptors (Lipinski definition) is 4. The second-order valence-corrected chi connectivity index (χ2v) is 7.44. The fraction of sp³-hybridized carbons (Fsp3) is 0.462. The van der Waals surface area contributed by atoms with Crippen molar-refractivity contribution in [2.45, 2.75) is 43.7 Å². The van der Waals surface area contributed by atoms with E-state index in [0.717, 1.165) is 12.1 Å². The van der Waals surface area contributed by atoms with E-state index >= 15 is 0 Å². The minimum absolute atomic E-state index is 0.00711. The highest BCUT2D eigenvalue weighted by Gasteiger charge is 2.29. The van der Waals surface area contributed by atoms with Crippen molar-refractivity contribution in [3.05, 3.63) is 23.2 Å². The van der Waals surface area contributed by atoms with Crippen LogP contribution in [0.3, 0.4) is 0 Å². The zero-order valence-electron chi connectivity index (χ0n) is 12.3. The SMILES string of the molecule is CC(C)(CCC(=O)O)NS(=O)(=O)c1cc(Cl)ccc1OC(F)F. The average molecular weight is 372 g/mol. The van der Waals surface area contributed by atoms with Crippen LogP contribution in [0.2, 0.25) is 5.02 Å². The number of carbonyl (C=O) groups is 1. The number of benzene rings is 1. The van der Waals surface area contributed by atoms with Gasteiger partial charge in [0.1, 0.15) is 10.6 Å². The lowest BCUT2D eigenvalue weighted by Gasteiger charge is -2.26. The monoisotopic (exact) mass is 371 g/mol. The lowest BCUT2D eigenvalue weighted by Crippen LogP contribution is -2.43. The van der Waals surface area contributed by atoms with Crippen LogP contribution in [-0.4, -0.2) is 31.6 Å². The van der Waals surface area contributed by atoms with Gasteiger partial charge in [-0.25, -0.2) is 13.1 Å². The molecular formula is C13H16ClF2NO5S. The lowest BCUT2D eigenvalue weighted by atomic mass is 10.0. The first-order chi connectivity index (χ1) is 10.4. The maximum absolute atomic E-state index is 12.4. The largest absolute Gasteiger partial charge is 0.481 e. The van der Waals surface area contributed by atoms with E-state index < -0.39 is 38.8 Å². The van der Waals surface area contributed by atoms with E-state index in [2.05, 4.69) is 9.46 Å². The molecule has 1 aromatic rings. The minimum atomic E-state index is -4.25. The molecule has 0 saturated heterocycles. The molecule has 6 nitrogen and oxygen atoms in total. The first-order valence-electron chi connectivity index (χ1n) is 6.43. The van der Waals surface area contributed by atoms with Gasteiger partial charge in [-0.15, -0.1) is 0 Å². The van der Waals surface area contributed by atoms with Crippen molar-refractivity contribution in [3.63, 3.8) is 0 Å². The van der Waals surface area contributed by atoms with Crippen LogP contribution in [0.5, 0.6) is 5.75 Å². The summed E-state index contributed by atoms with van der Waals surface area (Å²) in [6.45, 7) is -0.248. The molecule has 0 fully saturated rings. The van der Waals surface area contributed by atoms with Crippen LogP contribution >= 0.6 is 11.6 Å². The molecular weight excluding hydrogens is 356 g/mol. The number of alkyl halides is 2. The number of hydrogen-bond donors (Lipinski definition) is 2. The Hall–Kier alpha value is -1.45. The Morgan fingerprint density at radius 3 is 2.57 bits per heavy atom. The summed E-state index contributed by atoms with van der Waals surface area (Å²) in [5.41, 5.74) is -1.11. The Balaban J connectivity index is 3.12. The summed E-state index contributed by atoms with van der Waals surface area (Å²) >= 11 is 5.72. The third kappa shape index (κ3) is 6.28. The summed E-state index contributed by atoms with van der Waals surface area (Å²) in [4.78, 5) is 10.1. The van der Waals surface area contributed by atoms with Gasteiger partial charge in [-0.2, -0.15) is 8.78 Å². The predicted molar refractivity (Wildman–Crippen MR) is 79.4 cm³/mol. The number of ether oxygens (including phenoxy) is 1. The van der Waals surface area contributed by atoms with Crippen molar-refractivity contribution in [1.29, 1.82) is 0 Å². The maximum atomic E-state index is 12.4. The molecule has 0 heterocycles. The number of sulfonamides is 1. The number of halogens is 3. The van der Waals surface area contributed by atoms with Crippen molar-refractivity contribution in [3.8, 4) is 5.75 Å². The normalized spacial score (nSPS) is 12.4. The Morgan fingerprint density at radius 1 is 1.43 bits per heavy atom. The highest BCUT2D eigenvalue weighted by Crippen LogP contribution is 2.29. The van der Waals surface area contributed by atoms with Crippen molar-refractivity contribution >= 4 is 27.6 Å². The zero-order chi connectivity index (χ0) is 17.8. The molecule has 10 heteroatoms. The van der Waals surface area contributed by atoms with Crippen LogP contribution in [0.25, 0.3) is 0 Å².